The first-order valence-corrected chi connectivity index (χ1v) is 7.48. The van der Waals surface area contributed by atoms with Gasteiger partial charge in [0.05, 0.1) is 0 Å². The lowest BCUT2D eigenvalue weighted by Crippen LogP contribution is -2.28. The van der Waals surface area contributed by atoms with Crippen LogP contribution in [0.1, 0.15) is 33.0 Å². The molecule has 18 heavy (non-hydrogen) atoms. The molecule has 0 aliphatic carbocycles. The first-order valence-electron chi connectivity index (χ1n) is 6.69. The van der Waals surface area contributed by atoms with E-state index < -0.39 is 0 Å². The van der Waals surface area contributed by atoms with Crippen molar-refractivity contribution in [3.8, 4) is 0 Å². The second-order valence-electron chi connectivity index (χ2n) is 4.20. The van der Waals surface area contributed by atoms with Gasteiger partial charge in [0, 0.05) is 25.6 Å². The Bertz CT molecular complexity index is 353. The normalized spacial score (nSPS) is 10.9. The van der Waals surface area contributed by atoms with E-state index in [9.17, 15) is 0 Å². The van der Waals surface area contributed by atoms with Gasteiger partial charge >= 0.3 is 0 Å². The van der Waals surface area contributed by atoms with Gasteiger partial charge in [0.15, 0.2) is 0 Å². The number of rotatable bonds is 8. The standard InChI is InChI=1S/C13H23BrN4/c1-4-7-12-16-11(14)10-13(17-12)15-8-9-18(5-2)6-3/h10H,4-9H2,1-3H3,(H,15,16,17). The minimum absolute atomic E-state index is 0.853. The number of likely N-dealkylation sites (N-methyl/N-ethyl adjacent to an activating group) is 1. The largest absolute Gasteiger partial charge is 0.369 e. The zero-order valence-corrected chi connectivity index (χ0v) is 13.1. The third kappa shape index (κ3) is 5.31. The first-order chi connectivity index (χ1) is 8.69. The number of anilines is 1. The Morgan fingerprint density at radius 1 is 1.22 bits per heavy atom. The summed E-state index contributed by atoms with van der Waals surface area (Å²) in [6, 6.07) is 1.93. The van der Waals surface area contributed by atoms with Crippen LogP contribution in [-0.2, 0) is 6.42 Å². The van der Waals surface area contributed by atoms with Gasteiger partial charge in [0.25, 0.3) is 0 Å². The lowest BCUT2D eigenvalue weighted by atomic mass is 10.3. The van der Waals surface area contributed by atoms with Crippen LogP contribution in [0.25, 0.3) is 0 Å². The molecule has 1 N–H and O–H groups in total. The van der Waals surface area contributed by atoms with Crippen LogP contribution in [0.2, 0.25) is 0 Å². The van der Waals surface area contributed by atoms with Crippen molar-refractivity contribution in [1.29, 1.82) is 0 Å². The molecule has 0 atom stereocenters. The highest BCUT2D eigenvalue weighted by atomic mass is 79.9. The average Bonchev–Trinajstić information content (AvgIpc) is 2.34. The van der Waals surface area contributed by atoms with Crippen molar-refractivity contribution in [3.63, 3.8) is 0 Å². The van der Waals surface area contributed by atoms with Crippen molar-refractivity contribution in [3.05, 3.63) is 16.5 Å². The molecule has 0 bridgehead atoms. The summed E-state index contributed by atoms with van der Waals surface area (Å²) in [6.45, 7) is 10.6. The quantitative estimate of drug-likeness (QED) is 0.749. The third-order valence-electron chi connectivity index (χ3n) is 2.84. The molecule has 0 amide bonds. The number of aromatic nitrogens is 2. The maximum Gasteiger partial charge on any atom is 0.132 e. The summed E-state index contributed by atoms with van der Waals surface area (Å²) < 4.78 is 0.853. The number of aryl methyl sites for hydroxylation is 1. The van der Waals surface area contributed by atoms with E-state index in [1.807, 2.05) is 6.07 Å². The van der Waals surface area contributed by atoms with Gasteiger partial charge in [0.1, 0.15) is 16.2 Å². The zero-order valence-electron chi connectivity index (χ0n) is 11.5. The molecule has 0 aliphatic rings. The van der Waals surface area contributed by atoms with E-state index in [4.69, 9.17) is 0 Å². The van der Waals surface area contributed by atoms with Gasteiger partial charge in [-0.05, 0) is 35.4 Å². The van der Waals surface area contributed by atoms with Crippen LogP contribution in [0.4, 0.5) is 5.82 Å². The van der Waals surface area contributed by atoms with Crippen molar-refractivity contribution >= 4 is 21.7 Å². The molecule has 1 rings (SSSR count). The van der Waals surface area contributed by atoms with E-state index >= 15 is 0 Å². The van der Waals surface area contributed by atoms with E-state index in [2.05, 4.69) is 56.9 Å². The van der Waals surface area contributed by atoms with Crippen LogP contribution in [0.15, 0.2) is 10.7 Å². The first kappa shape index (κ1) is 15.4. The fourth-order valence-corrected chi connectivity index (χ4v) is 2.19. The summed E-state index contributed by atoms with van der Waals surface area (Å²) in [6.07, 6.45) is 1.99. The molecule has 1 aromatic heterocycles. The fraction of sp³-hybridized carbons (Fsp3) is 0.692. The highest BCUT2D eigenvalue weighted by Crippen LogP contribution is 2.13. The number of nitrogens with zero attached hydrogens (tertiary/aromatic N) is 3. The van der Waals surface area contributed by atoms with Crippen LogP contribution in [0.5, 0.6) is 0 Å². The summed E-state index contributed by atoms with van der Waals surface area (Å²) in [5.74, 6) is 1.81. The monoisotopic (exact) mass is 314 g/mol. The smallest absolute Gasteiger partial charge is 0.132 e. The third-order valence-corrected chi connectivity index (χ3v) is 3.25. The number of nitrogens with one attached hydrogen (secondary N) is 1. The van der Waals surface area contributed by atoms with E-state index in [-0.39, 0.29) is 0 Å². The second-order valence-corrected chi connectivity index (χ2v) is 5.01. The molecule has 0 unspecified atom stereocenters. The lowest BCUT2D eigenvalue weighted by molar-refractivity contribution is 0.316. The molecule has 4 nitrogen and oxygen atoms in total. The molecule has 0 spiro atoms. The predicted molar refractivity (Wildman–Crippen MR) is 80.0 cm³/mol. The minimum Gasteiger partial charge on any atom is -0.369 e. The van der Waals surface area contributed by atoms with Gasteiger partial charge in [-0.25, -0.2) is 9.97 Å². The van der Waals surface area contributed by atoms with Crippen molar-refractivity contribution in [2.75, 3.05) is 31.5 Å². The average molecular weight is 315 g/mol. The lowest BCUT2D eigenvalue weighted by Gasteiger charge is -2.18. The summed E-state index contributed by atoms with van der Waals surface area (Å²) >= 11 is 3.43. The Balaban J connectivity index is 2.51. The van der Waals surface area contributed by atoms with E-state index in [1.54, 1.807) is 0 Å². The molecular weight excluding hydrogens is 292 g/mol. The summed E-state index contributed by atoms with van der Waals surface area (Å²) in [5.41, 5.74) is 0. The molecule has 0 saturated carbocycles. The number of halogens is 1. The van der Waals surface area contributed by atoms with Gasteiger partial charge in [-0.3, -0.25) is 0 Å². The highest BCUT2D eigenvalue weighted by Gasteiger charge is 2.03. The predicted octanol–water partition coefficient (Wildman–Crippen LogP) is 2.95. The van der Waals surface area contributed by atoms with Gasteiger partial charge < -0.3 is 10.2 Å². The Morgan fingerprint density at radius 3 is 2.56 bits per heavy atom. The molecule has 0 fully saturated rings. The Morgan fingerprint density at radius 2 is 1.94 bits per heavy atom. The molecule has 0 aliphatic heterocycles. The Kier molecular flexibility index (Phi) is 7.20. The Hall–Kier alpha value is -0.680. The summed E-state index contributed by atoms with van der Waals surface area (Å²) in [7, 11) is 0. The van der Waals surface area contributed by atoms with Crippen LogP contribution in [0, 0.1) is 0 Å². The fourth-order valence-electron chi connectivity index (χ4n) is 1.77. The van der Waals surface area contributed by atoms with Crippen LogP contribution in [0.3, 0.4) is 0 Å². The Labute approximate surface area is 118 Å². The van der Waals surface area contributed by atoms with Gasteiger partial charge in [-0.1, -0.05) is 20.8 Å². The van der Waals surface area contributed by atoms with Crippen LogP contribution in [-0.4, -0.2) is 41.0 Å². The van der Waals surface area contributed by atoms with Crippen molar-refractivity contribution in [2.45, 2.75) is 33.6 Å². The topological polar surface area (TPSA) is 41.1 Å². The molecular formula is C13H23BrN4. The molecule has 102 valence electrons. The molecule has 1 aromatic rings. The molecule has 0 saturated heterocycles. The molecule has 0 aromatic carbocycles. The van der Waals surface area contributed by atoms with Gasteiger partial charge in [0.2, 0.25) is 0 Å². The van der Waals surface area contributed by atoms with Gasteiger partial charge in [-0.2, -0.15) is 0 Å². The number of hydrogen-bond acceptors (Lipinski definition) is 4. The maximum absolute atomic E-state index is 4.50. The van der Waals surface area contributed by atoms with E-state index in [0.717, 1.165) is 55.3 Å². The highest BCUT2D eigenvalue weighted by molar-refractivity contribution is 9.10. The zero-order chi connectivity index (χ0) is 13.4. The number of hydrogen-bond donors (Lipinski definition) is 1. The van der Waals surface area contributed by atoms with Crippen LogP contribution < -0.4 is 5.32 Å². The van der Waals surface area contributed by atoms with E-state index in [0.29, 0.717) is 0 Å². The second kappa shape index (κ2) is 8.43. The molecule has 1 heterocycles. The van der Waals surface area contributed by atoms with Crippen molar-refractivity contribution in [1.82, 2.24) is 14.9 Å². The molecule has 0 radical (unpaired) electrons. The molecule has 5 heteroatoms. The SMILES string of the molecule is CCCc1nc(Br)cc(NCCN(CC)CC)n1. The van der Waals surface area contributed by atoms with Crippen LogP contribution >= 0.6 is 15.9 Å². The minimum atomic E-state index is 0.853. The van der Waals surface area contributed by atoms with Crippen molar-refractivity contribution < 1.29 is 0 Å². The van der Waals surface area contributed by atoms with E-state index in [1.165, 1.54) is 0 Å². The van der Waals surface area contributed by atoms with Crippen molar-refractivity contribution in [2.24, 2.45) is 0 Å². The summed E-state index contributed by atoms with van der Waals surface area (Å²) in [4.78, 5) is 11.2. The maximum atomic E-state index is 4.50. The summed E-state index contributed by atoms with van der Waals surface area (Å²) in [5, 5.41) is 3.36. The van der Waals surface area contributed by atoms with Gasteiger partial charge in [-0.15, -0.1) is 0 Å².